The Kier molecular flexibility index (Phi) is 15.8. The van der Waals surface area contributed by atoms with Gasteiger partial charge in [-0.25, -0.2) is 8.42 Å². The van der Waals surface area contributed by atoms with Gasteiger partial charge in [0.25, 0.3) is 0 Å². The largest absolute Gasteiger partial charge is 1.00 e. The summed E-state index contributed by atoms with van der Waals surface area (Å²) in [6.07, 6.45) is 7.95. The van der Waals surface area contributed by atoms with Crippen LogP contribution in [0, 0.1) is 0 Å². The van der Waals surface area contributed by atoms with Crippen molar-refractivity contribution < 1.29 is 56.2 Å². The van der Waals surface area contributed by atoms with E-state index >= 15 is 0 Å². The Morgan fingerprint density at radius 3 is 2.31 bits per heavy atom. The first-order valence-electron chi connectivity index (χ1n) is 8.91. The zero-order valence-corrected chi connectivity index (χ0v) is 18.7. The van der Waals surface area contributed by atoms with Gasteiger partial charge in [-0.15, -0.1) is 0 Å². The van der Waals surface area contributed by atoms with Crippen molar-refractivity contribution in [2.45, 2.75) is 58.0 Å². The van der Waals surface area contributed by atoms with E-state index in [-0.39, 0.29) is 48.9 Å². The summed E-state index contributed by atoms with van der Waals surface area (Å²) < 4.78 is 46.5. The van der Waals surface area contributed by atoms with E-state index in [4.69, 9.17) is 9.47 Å². The van der Waals surface area contributed by atoms with E-state index in [1.54, 1.807) is 0 Å². The predicted molar refractivity (Wildman–Crippen MR) is 95.3 cm³/mol. The first-order chi connectivity index (χ1) is 12.0. The Morgan fingerprint density at radius 1 is 1.00 bits per heavy atom. The average molecular weight is 396 g/mol. The second kappa shape index (κ2) is 15.9. The van der Waals surface area contributed by atoms with Crippen LogP contribution in [0.5, 0.6) is 5.75 Å². The molecular weight excluding hydrogens is 367 g/mol. The minimum atomic E-state index is -4.66. The monoisotopic (exact) mass is 396 g/mol. The topological polar surface area (TPSA) is 84.9 Å². The fourth-order valence-corrected chi connectivity index (χ4v) is 2.70. The van der Waals surface area contributed by atoms with Gasteiger partial charge in [-0.2, -0.15) is 0 Å². The zero-order chi connectivity index (χ0) is 18.4. The molecule has 8 heteroatoms. The summed E-state index contributed by atoms with van der Waals surface area (Å²) in [4.78, 5) is 0. The van der Waals surface area contributed by atoms with E-state index in [2.05, 4.69) is 11.1 Å². The Morgan fingerprint density at radius 2 is 1.65 bits per heavy atom. The summed E-state index contributed by atoms with van der Waals surface area (Å²) in [6, 6.07) is 9.52. The van der Waals surface area contributed by atoms with Crippen molar-refractivity contribution in [2.75, 3.05) is 19.8 Å². The molecule has 26 heavy (non-hydrogen) atoms. The van der Waals surface area contributed by atoms with E-state index in [0.717, 1.165) is 25.0 Å². The van der Waals surface area contributed by atoms with Crippen molar-refractivity contribution in [1.29, 1.82) is 0 Å². The van der Waals surface area contributed by atoms with Crippen LogP contribution in [0.4, 0.5) is 0 Å². The molecule has 144 valence electrons. The predicted octanol–water partition coefficient (Wildman–Crippen LogP) is 0.682. The van der Waals surface area contributed by atoms with Crippen molar-refractivity contribution in [3.63, 3.8) is 0 Å². The molecular formula is C18H29NaO6S. The van der Waals surface area contributed by atoms with Gasteiger partial charge in [0.2, 0.25) is 10.4 Å². The minimum absolute atomic E-state index is 0. The molecule has 0 aliphatic rings. The van der Waals surface area contributed by atoms with Gasteiger partial charge >= 0.3 is 29.6 Å². The molecule has 1 rings (SSSR count). The molecule has 1 atom stereocenters. The van der Waals surface area contributed by atoms with Gasteiger partial charge in [-0.3, -0.25) is 4.18 Å². The van der Waals surface area contributed by atoms with Crippen molar-refractivity contribution in [1.82, 2.24) is 0 Å². The number of para-hydroxylation sites is 1. The van der Waals surface area contributed by atoms with Gasteiger partial charge < -0.3 is 14.0 Å². The van der Waals surface area contributed by atoms with Gasteiger partial charge in [-0.05, 0) is 25.0 Å². The summed E-state index contributed by atoms with van der Waals surface area (Å²) in [5.41, 5.74) is 0. The molecule has 1 aromatic carbocycles. The number of hydrogen-bond donors (Lipinski definition) is 0. The van der Waals surface area contributed by atoms with Crippen LogP contribution in [0.2, 0.25) is 0 Å². The van der Waals surface area contributed by atoms with Crippen molar-refractivity contribution >= 4 is 10.4 Å². The zero-order valence-electron chi connectivity index (χ0n) is 15.9. The molecule has 0 spiro atoms. The van der Waals surface area contributed by atoms with E-state index < -0.39 is 10.4 Å². The van der Waals surface area contributed by atoms with Crippen LogP contribution >= 0.6 is 0 Å². The molecule has 0 bridgehead atoms. The van der Waals surface area contributed by atoms with Crippen LogP contribution in [-0.4, -0.2) is 38.9 Å². The molecule has 0 N–H and O–H groups in total. The Labute approximate surface area is 179 Å². The molecule has 6 nitrogen and oxygen atoms in total. The molecule has 0 aromatic heterocycles. The number of hydrogen-bond acceptors (Lipinski definition) is 6. The Balaban J connectivity index is 0.00000625. The first-order valence-corrected chi connectivity index (χ1v) is 10.2. The molecule has 0 fully saturated rings. The van der Waals surface area contributed by atoms with E-state index in [0.29, 0.717) is 6.61 Å². The number of unbranched alkanes of at least 4 members (excludes halogenated alkanes) is 5. The van der Waals surface area contributed by atoms with Crippen LogP contribution in [0.1, 0.15) is 51.9 Å². The van der Waals surface area contributed by atoms with Crippen molar-refractivity contribution in [3.8, 4) is 5.75 Å². The van der Waals surface area contributed by atoms with Crippen molar-refractivity contribution in [3.05, 3.63) is 30.3 Å². The molecule has 0 amide bonds. The summed E-state index contributed by atoms with van der Waals surface area (Å²) in [6.45, 7) is 2.28. The average Bonchev–Trinajstić information content (AvgIpc) is 2.57. The number of benzene rings is 1. The standard InChI is InChI=1S/C18H30O6S.Na/c1-2-3-4-5-6-8-13-18(24-17-11-9-7-10-12-17)16-22-14-15-23-25(19,20)21;/h7,9-12,18H,2-6,8,13-16H2,1H3,(H,19,20,21);/q;+1/p-1. The molecule has 1 unspecified atom stereocenters. The quantitative estimate of drug-likeness (QED) is 0.188. The maximum atomic E-state index is 10.4. The summed E-state index contributed by atoms with van der Waals surface area (Å²) in [5.74, 6) is 0.778. The normalized spacial score (nSPS) is 12.4. The molecule has 0 saturated heterocycles. The van der Waals surface area contributed by atoms with Crippen LogP contribution in [0.3, 0.4) is 0 Å². The van der Waals surface area contributed by atoms with Gasteiger partial charge in [0.1, 0.15) is 11.9 Å². The smallest absolute Gasteiger partial charge is 0.726 e. The maximum Gasteiger partial charge on any atom is 1.00 e. The van der Waals surface area contributed by atoms with E-state index in [1.807, 2.05) is 30.3 Å². The third-order valence-electron chi connectivity index (χ3n) is 3.68. The molecule has 0 aliphatic heterocycles. The van der Waals surface area contributed by atoms with E-state index in [1.165, 1.54) is 25.7 Å². The van der Waals surface area contributed by atoms with Crippen LogP contribution in [0.25, 0.3) is 0 Å². The first kappa shape index (κ1) is 25.9. The fourth-order valence-electron chi connectivity index (χ4n) is 2.43. The maximum absolute atomic E-state index is 10.4. The molecule has 0 aliphatic carbocycles. The number of rotatable bonds is 15. The van der Waals surface area contributed by atoms with Gasteiger partial charge in [0, 0.05) is 0 Å². The summed E-state index contributed by atoms with van der Waals surface area (Å²) >= 11 is 0. The van der Waals surface area contributed by atoms with Gasteiger partial charge in [0.05, 0.1) is 19.8 Å². The summed E-state index contributed by atoms with van der Waals surface area (Å²) in [5, 5.41) is 0. The SMILES string of the molecule is CCCCCCCCC(COCCOS(=O)(=O)[O-])Oc1ccccc1.[Na+]. The van der Waals surface area contributed by atoms with Crippen LogP contribution in [0.15, 0.2) is 30.3 Å². The minimum Gasteiger partial charge on any atom is -0.726 e. The third-order valence-corrected chi connectivity index (χ3v) is 4.14. The second-order valence-corrected chi connectivity index (χ2v) is 6.97. The van der Waals surface area contributed by atoms with Gasteiger partial charge in [-0.1, -0.05) is 57.2 Å². The van der Waals surface area contributed by atoms with Crippen molar-refractivity contribution in [2.24, 2.45) is 0 Å². The van der Waals surface area contributed by atoms with Gasteiger partial charge in [0.15, 0.2) is 0 Å². The molecule has 0 heterocycles. The van der Waals surface area contributed by atoms with Crippen LogP contribution in [-0.2, 0) is 19.3 Å². The third kappa shape index (κ3) is 15.0. The summed E-state index contributed by atoms with van der Waals surface area (Å²) in [7, 11) is -4.66. The van der Waals surface area contributed by atoms with Crippen LogP contribution < -0.4 is 34.3 Å². The molecule has 1 aromatic rings. The van der Waals surface area contributed by atoms with E-state index in [9.17, 15) is 13.0 Å². The number of ether oxygens (including phenoxy) is 2. The molecule has 0 radical (unpaired) electrons. The fraction of sp³-hybridized carbons (Fsp3) is 0.667. The Hall–Kier alpha value is -0.150. The Bertz CT molecular complexity index is 538. The second-order valence-electron chi connectivity index (χ2n) is 5.91. The molecule has 0 saturated carbocycles.